The Hall–Kier alpha value is -1.40. The number of nitrogens with two attached hydrogens (primary N) is 1. The summed E-state index contributed by atoms with van der Waals surface area (Å²) >= 11 is 0. The normalized spacial score (nSPS) is 16.3. The lowest BCUT2D eigenvalue weighted by molar-refractivity contribution is 0.0693. The van der Waals surface area contributed by atoms with Crippen LogP contribution in [0.3, 0.4) is 0 Å². The lowest BCUT2D eigenvalue weighted by Crippen LogP contribution is -2.38. The smallest absolute Gasteiger partial charge is 0.254 e. The number of rotatable bonds is 4. The molecule has 0 spiro atoms. The Bertz CT molecular complexity index is 592. The lowest BCUT2D eigenvalue weighted by atomic mass is 10.1. The van der Waals surface area contributed by atoms with Crippen LogP contribution in [0, 0.1) is 0 Å². The topological polar surface area (TPSA) is 80.5 Å². The van der Waals surface area contributed by atoms with E-state index in [4.69, 9.17) is 5.14 Å². The molecule has 5 nitrogen and oxygen atoms in total. The fraction of sp³-hybridized carbons (Fsp3) is 0.500. The second-order valence-corrected chi connectivity index (χ2v) is 6.66. The Kier molecular flexibility index (Phi) is 4.45. The lowest BCUT2D eigenvalue weighted by Gasteiger charge is -2.27. The van der Waals surface area contributed by atoms with Gasteiger partial charge in [-0.05, 0) is 38.0 Å². The van der Waals surface area contributed by atoms with Gasteiger partial charge in [0.2, 0.25) is 10.0 Å². The van der Waals surface area contributed by atoms with Crippen molar-refractivity contribution in [1.82, 2.24) is 4.90 Å². The molecular formula is C14H20N2O3S. The van der Waals surface area contributed by atoms with Crippen molar-refractivity contribution in [3.8, 4) is 0 Å². The molecule has 0 radical (unpaired) electrons. The van der Waals surface area contributed by atoms with E-state index in [2.05, 4.69) is 0 Å². The first-order chi connectivity index (χ1) is 9.43. The second-order valence-electron chi connectivity index (χ2n) is 5.10. The molecule has 1 aliphatic carbocycles. The molecule has 1 fully saturated rings. The maximum Gasteiger partial charge on any atom is 0.254 e. The average molecular weight is 296 g/mol. The van der Waals surface area contributed by atoms with E-state index in [0.717, 1.165) is 25.7 Å². The molecule has 1 amide bonds. The van der Waals surface area contributed by atoms with Crippen LogP contribution in [0.5, 0.6) is 0 Å². The fourth-order valence-corrected chi connectivity index (χ4v) is 3.31. The molecule has 110 valence electrons. The zero-order chi connectivity index (χ0) is 14.8. The van der Waals surface area contributed by atoms with Gasteiger partial charge >= 0.3 is 0 Å². The molecule has 0 unspecified atom stereocenters. The monoisotopic (exact) mass is 296 g/mol. The summed E-state index contributed by atoms with van der Waals surface area (Å²) in [5, 5.41) is 5.10. The largest absolute Gasteiger partial charge is 0.336 e. The number of carbonyl (C=O) groups excluding carboxylic acids is 1. The van der Waals surface area contributed by atoms with Gasteiger partial charge in [0.25, 0.3) is 5.91 Å². The molecule has 0 heterocycles. The number of hydrogen-bond acceptors (Lipinski definition) is 3. The van der Waals surface area contributed by atoms with Gasteiger partial charge in [-0.2, -0.15) is 0 Å². The Morgan fingerprint density at radius 2 is 2.00 bits per heavy atom. The molecule has 2 N–H and O–H groups in total. The fourth-order valence-electron chi connectivity index (χ4n) is 2.76. The number of primary sulfonamides is 1. The van der Waals surface area contributed by atoms with Gasteiger partial charge in [-0.25, -0.2) is 13.6 Å². The summed E-state index contributed by atoms with van der Waals surface area (Å²) in [6.45, 7) is 2.57. The van der Waals surface area contributed by atoms with Gasteiger partial charge in [-0.1, -0.05) is 18.9 Å². The maximum absolute atomic E-state index is 12.5. The molecule has 2 rings (SSSR count). The first kappa shape index (κ1) is 15.0. The van der Waals surface area contributed by atoms with Gasteiger partial charge in [0.1, 0.15) is 0 Å². The van der Waals surface area contributed by atoms with Crippen molar-refractivity contribution in [3.05, 3.63) is 29.8 Å². The van der Waals surface area contributed by atoms with E-state index in [0.29, 0.717) is 12.1 Å². The quantitative estimate of drug-likeness (QED) is 0.919. The maximum atomic E-state index is 12.5. The van der Waals surface area contributed by atoms with Gasteiger partial charge in [0, 0.05) is 18.2 Å². The third kappa shape index (κ3) is 3.19. The molecule has 0 saturated heterocycles. The summed E-state index contributed by atoms with van der Waals surface area (Å²) in [4.78, 5) is 14.3. The number of carbonyl (C=O) groups is 1. The predicted octanol–water partition coefficient (Wildman–Crippen LogP) is 1.74. The Balaban J connectivity index is 2.27. The number of amides is 1. The minimum atomic E-state index is -3.78. The molecule has 20 heavy (non-hydrogen) atoms. The van der Waals surface area contributed by atoms with Crippen molar-refractivity contribution in [1.29, 1.82) is 0 Å². The molecule has 1 saturated carbocycles. The average Bonchev–Trinajstić information content (AvgIpc) is 2.92. The molecule has 0 bridgehead atoms. The van der Waals surface area contributed by atoms with Crippen molar-refractivity contribution in [2.24, 2.45) is 5.14 Å². The van der Waals surface area contributed by atoms with E-state index in [-0.39, 0.29) is 16.8 Å². The molecule has 0 aromatic heterocycles. The summed E-state index contributed by atoms with van der Waals surface area (Å²) in [6, 6.07) is 6.21. The van der Waals surface area contributed by atoms with Crippen molar-refractivity contribution in [2.45, 2.75) is 43.5 Å². The number of sulfonamides is 1. The van der Waals surface area contributed by atoms with Gasteiger partial charge in [0.05, 0.1) is 4.90 Å². The van der Waals surface area contributed by atoms with Crippen LogP contribution in [0.4, 0.5) is 0 Å². The number of benzene rings is 1. The predicted molar refractivity (Wildman–Crippen MR) is 76.8 cm³/mol. The third-order valence-corrected chi connectivity index (χ3v) is 4.69. The standard InChI is InChI=1S/C14H20N2O3S/c1-2-16(12-7-3-4-8-12)14(17)11-6-5-9-13(10-11)20(15,18)19/h5-6,9-10,12H,2-4,7-8H2,1H3,(H2,15,18,19). The minimum Gasteiger partial charge on any atom is -0.336 e. The molecule has 0 atom stereocenters. The van der Waals surface area contributed by atoms with Crippen LogP contribution in [0.2, 0.25) is 0 Å². The van der Waals surface area contributed by atoms with Gasteiger partial charge < -0.3 is 4.90 Å². The van der Waals surface area contributed by atoms with Crippen LogP contribution in [0.15, 0.2) is 29.2 Å². The summed E-state index contributed by atoms with van der Waals surface area (Å²) < 4.78 is 22.7. The van der Waals surface area contributed by atoms with Crippen LogP contribution in [-0.2, 0) is 10.0 Å². The Morgan fingerprint density at radius 1 is 1.35 bits per heavy atom. The Labute approximate surface area is 119 Å². The van der Waals surface area contributed by atoms with Crippen LogP contribution in [-0.4, -0.2) is 31.8 Å². The highest BCUT2D eigenvalue weighted by atomic mass is 32.2. The summed E-state index contributed by atoms with van der Waals surface area (Å²) in [7, 11) is -3.78. The zero-order valence-corrected chi connectivity index (χ0v) is 12.4. The van der Waals surface area contributed by atoms with E-state index in [9.17, 15) is 13.2 Å². The van der Waals surface area contributed by atoms with Crippen molar-refractivity contribution in [2.75, 3.05) is 6.54 Å². The Morgan fingerprint density at radius 3 is 2.55 bits per heavy atom. The van der Waals surface area contributed by atoms with Crippen molar-refractivity contribution in [3.63, 3.8) is 0 Å². The molecule has 0 aliphatic heterocycles. The summed E-state index contributed by atoms with van der Waals surface area (Å²) in [6.07, 6.45) is 4.33. The highest BCUT2D eigenvalue weighted by Gasteiger charge is 2.26. The number of nitrogens with zero attached hydrogens (tertiary/aromatic N) is 1. The highest BCUT2D eigenvalue weighted by molar-refractivity contribution is 7.89. The van der Waals surface area contributed by atoms with E-state index in [1.807, 2.05) is 11.8 Å². The summed E-state index contributed by atoms with van der Waals surface area (Å²) in [5.41, 5.74) is 0.380. The summed E-state index contributed by atoms with van der Waals surface area (Å²) in [5.74, 6) is -0.120. The van der Waals surface area contributed by atoms with Gasteiger partial charge in [-0.3, -0.25) is 4.79 Å². The van der Waals surface area contributed by atoms with Crippen LogP contribution in [0.25, 0.3) is 0 Å². The van der Waals surface area contributed by atoms with E-state index < -0.39 is 10.0 Å². The molecule has 1 aromatic rings. The van der Waals surface area contributed by atoms with E-state index >= 15 is 0 Å². The van der Waals surface area contributed by atoms with Crippen molar-refractivity contribution >= 4 is 15.9 Å². The van der Waals surface area contributed by atoms with Gasteiger partial charge in [-0.15, -0.1) is 0 Å². The van der Waals surface area contributed by atoms with Crippen LogP contribution in [0.1, 0.15) is 43.0 Å². The molecule has 6 heteroatoms. The molecule has 1 aliphatic rings. The minimum absolute atomic E-state index is 0.0224. The first-order valence-electron chi connectivity index (χ1n) is 6.87. The van der Waals surface area contributed by atoms with Crippen molar-refractivity contribution < 1.29 is 13.2 Å². The number of hydrogen-bond donors (Lipinski definition) is 1. The van der Waals surface area contributed by atoms with E-state index in [1.165, 1.54) is 12.1 Å². The SMILES string of the molecule is CCN(C(=O)c1cccc(S(N)(=O)=O)c1)C1CCCC1. The van der Waals surface area contributed by atoms with E-state index in [1.54, 1.807) is 12.1 Å². The third-order valence-electron chi connectivity index (χ3n) is 3.78. The second kappa shape index (κ2) is 5.93. The molecular weight excluding hydrogens is 276 g/mol. The van der Waals surface area contributed by atoms with Gasteiger partial charge in [0.15, 0.2) is 0 Å². The van der Waals surface area contributed by atoms with Crippen LogP contribution < -0.4 is 5.14 Å². The first-order valence-corrected chi connectivity index (χ1v) is 8.42. The van der Waals surface area contributed by atoms with Crippen LogP contribution >= 0.6 is 0 Å². The zero-order valence-electron chi connectivity index (χ0n) is 11.6. The highest BCUT2D eigenvalue weighted by Crippen LogP contribution is 2.25. The molecule has 1 aromatic carbocycles.